The van der Waals surface area contributed by atoms with E-state index in [1.807, 2.05) is 18.2 Å². The van der Waals surface area contributed by atoms with Crippen molar-refractivity contribution in [3.63, 3.8) is 0 Å². The van der Waals surface area contributed by atoms with E-state index in [0.717, 1.165) is 61.9 Å². The topological polar surface area (TPSA) is 61.4 Å². The molecule has 0 saturated carbocycles. The third-order valence-electron chi connectivity index (χ3n) is 7.60. The summed E-state index contributed by atoms with van der Waals surface area (Å²) in [5, 5.41) is 14.0. The van der Waals surface area contributed by atoms with Crippen molar-refractivity contribution in [3.8, 4) is 0 Å². The third kappa shape index (κ3) is 5.07. The van der Waals surface area contributed by atoms with E-state index in [4.69, 9.17) is 0 Å². The first-order valence-electron chi connectivity index (χ1n) is 12.7. The van der Waals surface area contributed by atoms with Gasteiger partial charge in [0.1, 0.15) is 0 Å². The van der Waals surface area contributed by atoms with Gasteiger partial charge in [-0.1, -0.05) is 54.6 Å². The smallest absolute Gasteiger partial charge is 0.272 e. The van der Waals surface area contributed by atoms with Gasteiger partial charge in [0, 0.05) is 36.4 Å². The molecule has 1 unspecified atom stereocenters. The lowest BCUT2D eigenvalue weighted by atomic mass is 9.90. The van der Waals surface area contributed by atoms with Crippen molar-refractivity contribution in [2.45, 2.75) is 44.6 Å². The minimum atomic E-state index is -0.127. The molecule has 6 nitrogen and oxygen atoms in total. The Labute approximate surface area is 202 Å². The molecule has 5 rings (SSSR count). The number of benzene rings is 2. The largest absolute Gasteiger partial charge is 0.355 e. The molecule has 6 heteroatoms. The van der Waals surface area contributed by atoms with E-state index in [1.165, 1.54) is 18.4 Å². The van der Waals surface area contributed by atoms with Gasteiger partial charge in [0.15, 0.2) is 11.5 Å². The van der Waals surface area contributed by atoms with Crippen molar-refractivity contribution in [2.24, 2.45) is 5.92 Å². The first kappa shape index (κ1) is 22.8. The maximum Gasteiger partial charge on any atom is 0.272 e. The van der Waals surface area contributed by atoms with Gasteiger partial charge in [-0.15, -0.1) is 10.2 Å². The van der Waals surface area contributed by atoms with Gasteiger partial charge >= 0.3 is 0 Å². The number of hydrogen-bond donors (Lipinski definition) is 1. The molecule has 3 heterocycles. The van der Waals surface area contributed by atoms with E-state index in [1.54, 1.807) is 0 Å². The summed E-state index contributed by atoms with van der Waals surface area (Å²) in [4.78, 5) is 17.7. The summed E-state index contributed by atoms with van der Waals surface area (Å²) in [6.07, 6.45) is 6.86. The second kappa shape index (κ2) is 10.5. The summed E-state index contributed by atoms with van der Waals surface area (Å²) in [5.41, 5.74) is 1.85. The molecule has 2 fully saturated rings. The third-order valence-corrected chi connectivity index (χ3v) is 7.60. The number of carbonyl (C=O) groups is 1. The number of fused-ring (bicyclic) bond motifs is 1. The number of anilines is 1. The lowest BCUT2D eigenvalue weighted by molar-refractivity contribution is 0.0946. The molecule has 1 aromatic heterocycles. The number of amides is 1. The summed E-state index contributed by atoms with van der Waals surface area (Å²) >= 11 is 0. The van der Waals surface area contributed by atoms with Crippen molar-refractivity contribution in [1.82, 2.24) is 20.4 Å². The van der Waals surface area contributed by atoms with Crippen LogP contribution in [0.15, 0.2) is 54.6 Å². The van der Waals surface area contributed by atoms with Crippen LogP contribution in [0.4, 0.5) is 5.82 Å². The van der Waals surface area contributed by atoms with Gasteiger partial charge < -0.3 is 15.1 Å². The van der Waals surface area contributed by atoms with Gasteiger partial charge in [0.2, 0.25) is 0 Å². The number of aromatic nitrogens is 2. The van der Waals surface area contributed by atoms with Crippen LogP contribution >= 0.6 is 0 Å². The molecule has 0 radical (unpaired) electrons. The van der Waals surface area contributed by atoms with Crippen LogP contribution in [0, 0.1) is 5.92 Å². The van der Waals surface area contributed by atoms with Crippen molar-refractivity contribution >= 4 is 22.5 Å². The van der Waals surface area contributed by atoms with Crippen LogP contribution in [0.25, 0.3) is 10.8 Å². The fourth-order valence-corrected chi connectivity index (χ4v) is 5.57. The summed E-state index contributed by atoms with van der Waals surface area (Å²) in [6.45, 7) is 3.76. The van der Waals surface area contributed by atoms with Crippen LogP contribution in [0.5, 0.6) is 0 Å². The highest BCUT2D eigenvalue weighted by Gasteiger charge is 2.24. The Bertz CT molecular complexity index is 1110. The second-order valence-electron chi connectivity index (χ2n) is 9.86. The van der Waals surface area contributed by atoms with Crippen molar-refractivity contribution in [2.75, 3.05) is 38.1 Å². The quantitative estimate of drug-likeness (QED) is 0.573. The molecule has 1 atom stereocenters. The molecule has 1 amide bonds. The number of nitrogens with one attached hydrogen (secondary N) is 1. The standard InChI is InChI=1S/C28H35N5O/c1-32-17-7-10-23(32)13-16-29-28(34)26-24-11-5-6-12-25(24)27(31-30-26)33-18-14-22(15-19-33)20-21-8-3-2-4-9-21/h2-6,8-9,11-12,22-23H,7,10,13-20H2,1H3,(H,29,34). The molecule has 3 aromatic rings. The molecule has 34 heavy (non-hydrogen) atoms. The summed E-state index contributed by atoms with van der Waals surface area (Å²) in [7, 11) is 2.17. The highest BCUT2D eigenvalue weighted by atomic mass is 16.1. The summed E-state index contributed by atoms with van der Waals surface area (Å²) in [5.74, 6) is 1.47. The van der Waals surface area contributed by atoms with Gasteiger partial charge in [-0.25, -0.2) is 0 Å². The molecule has 2 saturated heterocycles. The first-order valence-corrected chi connectivity index (χ1v) is 12.7. The lowest BCUT2D eigenvalue weighted by Crippen LogP contribution is -2.35. The highest BCUT2D eigenvalue weighted by Crippen LogP contribution is 2.30. The molecular formula is C28H35N5O. The first-order chi connectivity index (χ1) is 16.7. The number of piperidine rings is 1. The molecule has 0 aliphatic carbocycles. The minimum absolute atomic E-state index is 0.127. The van der Waals surface area contributed by atoms with E-state index in [9.17, 15) is 4.79 Å². The zero-order chi connectivity index (χ0) is 23.3. The Balaban J connectivity index is 1.25. The maximum atomic E-state index is 13.0. The van der Waals surface area contributed by atoms with Crippen LogP contribution in [0.2, 0.25) is 0 Å². The Hall–Kier alpha value is -2.99. The van der Waals surface area contributed by atoms with Gasteiger partial charge in [0.25, 0.3) is 5.91 Å². The van der Waals surface area contributed by atoms with Crippen molar-refractivity contribution < 1.29 is 4.79 Å². The van der Waals surface area contributed by atoms with Crippen LogP contribution < -0.4 is 10.2 Å². The van der Waals surface area contributed by atoms with Crippen molar-refractivity contribution in [3.05, 3.63) is 65.9 Å². The minimum Gasteiger partial charge on any atom is -0.355 e. The van der Waals surface area contributed by atoms with Crippen LogP contribution in [-0.4, -0.2) is 60.3 Å². The molecule has 2 aromatic carbocycles. The number of rotatable bonds is 7. The van der Waals surface area contributed by atoms with E-state index in [0.29, 0.717) is 24.2 Å². The van der Waals surface area contributed by atoms with Gasteiger partial charge in [-0.05, 0) is 63.6 Å². The van der Waals surface area contributed by atoms with Gasteiger partial charge in [0.05, 0.1) is 0 Å². The van der Waals surface area contributed by atoms with Gasteiger partial charge in [-0.2, -0.15) is 0 Å². The average molecular weight is 458 g/mol. The predicted octanol–water partition coefficient (Wildman–Crippen LogP) is 4.30. The van der Waals surface area contributed by atoms with E-state index >= 15 is 0 Å². The lowest BCUT2D eigenvalue weighted by Gasteiger charge is -2.33. The fraction of sp³-hybridized carbons (Fsp3) is 0.464. The molecule has 0 spiro atoms. The second-order valence-corrected chi connectivity index (χ2v) is 9.86. The molecule has 0 bridgehead atoms. The van der Waals surface area contributed by atoms with Crippen LogP contribution in [0.3, 0.4) is 0 Å². The van der Waals surface area contributed by atoms with E-state index in [-0.39, 0.29) is 5.91 Å². The van der Waals surface area contributed by atoms with Crippen LogP contribution in [0.1, 0.15) is 48.2 Å². The fourth-order valence-electron chi connectivity index (χ4n) is 5.57. The Morgan fingerprint density at radius 3 is 2.41 bits per heavy atom. The molecule has 1 N–H and O–H groups in total. The SMILES string of the molecule is CN1CCCC1CCNC(=O)c1nnc(N2CCC(Cc3ccccc3)CC2)c2ccccc12. The molecular weight excluding hydrogens is 422 g/mol. The summed E-state index contributed by atoms with van der Waals surface area (Å²) < 4.78 is 0. The van der Waals surface area contributed by atoms with Crippen molar-refractivity contribution in [1.29, 1.82) is 0 Å². The maximum absolute atomic E-state index is 13.0. The predicted molar refractivity (Wildman–Crippen MR) is 137 cm³/mol. The number of nitrogens with zero attached hydrogens (tertiary/aromatic N) is 4. The Morgan fingerprint density at radius 1 is 0.941 bits per heavy atom. The number of hydrogen-bond acceptors (Lipinski definition) is 5. The monoisotopic (exact) mass is 457 g/mol. The van der Waals surface area contributed by atoms with Crippen LogP contribution in [-0.2, 0) is 6.42 Å². The van der Waals surface area contributed by atoms with E-state index in [2.05, 4.69) is 68.8 Å². The molecule has 178 valence electrons. The Kier molecular flexibility index (Phi) is 7.05. The van der Waals surface area contributed by atoms with Gasteiger partial charge in [-0.3, -0.25) is 4.79 Å². The summed E-state index contributed by atoms with van der Waals surface area (Å²) in [6, 6.07) is 19.4. The normalized spacial score (nSPS) is 19.6. The Morgan fingerprint density at radius 2 is 1.68 bits per heavy atom. The zero-order valence-electron chi connectivity index (χ0n) is 20.1. The molecule has 2 aliphatic rings. The number of likely N-dealkylation sites (tertiary alicyclic amines) is 1. The average Bonchev–Trinajstić information content (AvgIpc) is 3.29. The number of carbonyl (C=O) groups excluding carboxylic acids is 1. The zero-order valence-corrected chi connectivity index (χ0v) is 20.1. The molecule has 2 aliphatic heterocycles. The highest BCUT2D eigenvalue weighted by molar-refractivity contribution is 6.07. The van der Waals surface area contributed by atoms with E-state index < -0.39 is 0 Å².